The molecule has 0 radical (unpaired) electrons. The molecule has 1 aliphatic heterocycles. The van der Waals surface area contributed by atoms with Crippen molar-refractivity contribution >= 4 is 34.2 Å². The second-order valence-corrected chi connectivity index (χ2v) is 9.24. The molecule has 1 atom stereocenters. The quantitative estimate of drug-likeness (QED) is 0.396. The van der Waals surface area contributed by atoms with E-state index in [0.717, 1.165) is 36.2 Å². The first kappa shape index (κ1) is 22.7. The Balaban J connectivity index is 1.28. The molecule has 1 fully saturated rings. The average molecular weight is 473 g/mol. The number of hydrogen-bond donors (Lipinski definition) is 3. The highest BCUT2D eigenvalue weighted by molar-refractivity contribution is 6.06. The summed E-state index contributed by atoms with van der Waals surface area (Å²) in [5, 5.41) is 10.8. The number of likely N-dealkylation sites (tertiary alicyclic amines) is 1. The molecule has 10 heteroatoms. The van der Waals surface area contributed by atoms with Crippen LogP contribution < -0.4 is 10.6 Å². The van der Waals surface area contributed by atoms with E-state index >= 15 is 0 Å². The number of rotatable bonds is 6. The molecule has 35 heavy (non-hydrogen) atoms. The number of aromatic amines is 1. The van der Waals surface area contributed by atoms with Crippen molar-refractivity contribution in [2.45, 2.75) is 20.3 Å². The van der Waals surface area contributed by atoms with Gasteiger partial charge in [0.25, 0.3) is 5.91 Å². The van der Waals surface area contributed by atoms with E-state index in [0.29, 0.717) is 40.7 Å². The average Bonchev–Trinajstić information content (AvgIpc) is 3.55. The number of fused-ring (bicyclic) bond motifs is 1. The van der Waals surface area contributed by atoms with Crippen LogP contribution in [-0.4, -0.2) is 61.1 Å². The molecule has 0 aromatic carbocycles. The highest BCUT2D eigenvalue weighted by atomic mass is 16.2. The Labute approximate surface area is 202 Å². The predicted octanol–water partition coefficient (Wildman–Crippen LogP) is 3.20. The van der Waals surface area contributed by atoms with Gasteiger partial charge in [0, 0.05) is 36.9 Å². The molecule has 0 unspecified atom stereocenters. The van der Waals surface area contributed by atoms with E-state index in [1.165, 1.54) is 6.20 Å². The summed E-state index contributed by atoms with van der Waals surface area (Å²) < 4.78 is 1.73. The Bertz CT molecular complexity index is 1410. The Kier molecular flexibility index (Phi) is 6.04. The minimum absolute atomic E-state index is 0.0893. The lowest BCUT2D eigenvalue weighted by atomic mass is 10.2. The Morgan fingerprint density at radius 2 is 2.00 bits per heavy atom. The molecular weight excluding hydrogens is 444 g/mol. The summed E-state index contributed by atoms with van der Waals surface area (Å²) in [5.41, 5.74) is 4.67. The zero-order chi connectivity index (χ0) is 24.5. The van der Waals surface area contributed by atoms with E-state index in [4.69, 9.17) is 0 Å². The van der Waals surface area contributed by atoms with Gasteiger partial charge in [-0.3, -0.25) is 24.2 Å². The van der Waals surface area contributed by atoms with E-state index in [-0.39, 0.29) is 11.8 Å². The molecule has 0 spiro atoms. The fraction of sp³-hybridized carbons (Fsp3) is 0.320. The zero-order valence-electron chi connectivity index (χ0n) is 20.0. The molecule has 0 aliphatic carbocycles. The number of nitrogens with one attached hydrogen (secondary N) is 3. The summed E-state index contributed by atoms with van der Waals surface area (Å²) in [7, 11) is 1.86. The van der Waals surface area contributed by atoms with Crippen LogP contribution in [0.15, 0.2) is 43.0 Å². The molecule has 10 nitrogen and oxygen atoms in total. The van der Waals surface area contributed by atoms with Gasteiger partial charge >= 0.3 is 0 Å². The van der Waals surface area contributed by atoms with Gasteiger partial charge in [-0.25, -0.2) is 4.98 Å². The number of carbonyl (C=O) groups excluding carboxylic acids is 2. The Morgan fingerprint density at radius 1 is 1.14 bits per heavy atom. The van der Waals surface area contributed by atoms with Crippen molar-refractivity contribution in [1.82, 2.24) is 29.6 Å². The number of anilines is 2. The summed E-state index contributed by atoms with van der Waals surface area (Å²) >= 11 is 0. The predicted molar refractivity (Wildman–Crippen MR) is 134 cm³/mol. The maximum atomic E-state index is 13.0. The van der Waals surface area contributed by atoms with Crippen LogP contribution in [0.5, 0.6) is 0 Å². The van der Waals surface area contributed by atoms with Gasteiger partial charge in [0.1, 0.15) is 5.65 Å². The second kappa shape index (κ2) is 9.30. The summed E-state index contributed by atoms with van der Waals surface area (Å²) in [6.07, 6.45) is 7.93. The molecule has 2 amide bonds. The van der Waals surface area contributed by atoms with Crippen molar-refractivity contribution in [2.24, 2.45) is 13.0 Å². The summed E-state index contributed by atoms with van der Waals surface area (Å²) in [5.74, 6) is 0.226. The van der Waals surface area contributed by atoms with E-state index in [1.807, 2.05) is 19.3 Å². The zero-order valence-corrected chi connectivity index (χ0v) is 20.0. The van der Waals surface area contributed by atoms with Crippen molar-refractivity contribution in [2.75, 3.05) is 30.3 Å². The third-order valence-corrected chi connectivity index (χ3v) is 6.24. The number of amides is 2. The first-order chi connectivity index (χ1) is 16.8. The molecule has 5 rings (SSSR count). The van der Waals surface area contributed by atoms with Crippen molar-refractivity contribution in [3.8, 4) is 11.3 Å². The smallest absolute Gasteiger partial charge is 0.257 e. The van der Waals surface area contributed by atoms with Crippen molar-refractivity contribution in [3.63, 3.8) is 0 Å². The molecule has 1 saturated heterocycles. The molecule has 5 heterocycles. The van der Waals surface area contributed by atoms with Gasteiger partial charge in [-0.2, -0.15) is 5.10 Å². The lowest BCUT2D eigenvalue weighted by Gasteiger charge is -2.15. The number of nitrogens with zero attached hydrogens (tertiary/aromatic N) is 5. The Hall–Kier alpha value is -4.05. The van der Waals surface area contributed by atoms with E-state index in [1.54, 1.807) is 36.1 Å². The van der Waals surface area contributed by atoms with Gasteiger partial charge in [-0.15, -0.1) is 0 Å². The minimum Gasteiger partial charge on any atom is -0.339 e. The SMILES string of the molecule is Cc1ncc(NC(=O)CN2CC[C@@H](C)C2)cc1NC(=O)c1cnc2[nH]c(-c3cnn(C)c3)cc2c1. The van der Waals surface area contributed by atoms with Crippen LogP contribution in [0.3, 0.4) is 0 Å². The number of H-pyrrole nitrogens is 1. The van der Waals surface area contributed by atoms with Crippen LogP contribution in [0.1, 0.15) is 29.4 Å². The van der Waals surface area contributed by atoms with Crippen molar-refractivity contribution in [3.05, 3.63) is 54.2 Å². The number of aromatic nitrogens is 5. The van der Waals surface area contributed by atoms with E-state index in [9.17, 15) is 9.59 Å². The standard InChI is InChI=1S/C25H28N8O2/c1-15-4-5-33(12-15)14-23(34)29-20-8-21(16(2)26-11-20)31-25(35)18-6-17-7-22(30-24(17)27-9-18)19-10-28-32(3)13-19/h6-11,13,15H,4-5,12,14H2,1-3H3,(H,27,30)(H,29,34)(H,31,35)/t15-/m1/s1. The largest absolute Gasteiger partial charge is 0.339 e. The van der Waals surface area contributed by atoms with Crippen LogP contribution in [-0.2, 0) is 11.8 Å². The van der Waals surface area contributed by atoms with Crippen LogP contribution in [0, 0.1) is 12.8 Å². The van der Waals surface area contributed by atoms with Gasteiger partial charge in [-0.05, 0) is 44.0 Å². The molecule has 0 saturated carbocycles. The molecule has 3 N–H and O–H groups in total. The Morgan fingerprint density at radius 3 is 2.74 bits per heavy atom. The van der Waals surface area contributed by atoms with E-state index in [2.05, 4.69) is 42.5 Å². The lowest BCUT2D eigenvalue weighted by Crippen LogP contribution is -2.31. The summed E-state index contributed by atoms with van der Waals surface area (Å²) in [6.45, 7) is 6.22. The number of carbonyl (C=O) groups is 2. The topological polar surface area (TPSA) is 121 Å². The van der Waals surface area contributed by atoms with Gasteiger partial charge < -0.3 is 15.6 Å². The lowest BCUT2D eigenvalue weighted by molar-refractivity contribution is -0.117. The van der Waals surface area contributed by atoms with Crippen molar-refractivity contribution < 1.29 is 9.59 Å². The molecule has 4 aromatic heterocycles. The van der Waals surface area contributed by atoms with Gasteiger partial charge in [0.2, 0.25) is 5.91 Å². The van der Waals surface area contributed by atoms with Crippen molar-refractivity contribution in [1.29, 1.82) is 0 Å². The second-order valence-electron chi connectivity index (χ2n) is 9.24. The van der Waals surface area contributed by atoms with Gasteiger partial charge in [-0.1, -0.05) is 6.92 Å². The highest BCUT2D eigenvalue weighted by Gasteiger charge is 2.21. The molecule has 180 valence electrons. The fourth-order valence-corrected chi connectivity index (χ4v) is 4.35. The molecule has 1 aliphatic rings. The summed E-state index contributed by atoms with van der Waals surface area (Å²) in [4.78, 5) is 39.6. The first-order valence-electron chi connectivity index (χ1n) is 11.6. The van der Waals surface area contributed by atoms with Gasteiger partial charge in [0.15, 0.2) is 0 Å². The maximum absolute atomic E-state index is 13.0. The van der Waals surface area contributed by atoms with E-state index < -0.39 is 0 Å². The fourth-order valence-electron chi connectivity index (χ4n) is 4.35. The molecular formula is C25H28N8O2. The maximum Gasteiger partial charge on any atom is 0.257 e. The minimum atomic E-state index is -0.303. The third-order valence-electron chi connectivity index (χ3n) is 6.24. The number of hydrogen-bond acceptors (Lipinski definition) is 6. The molecule has 0 bridgehead atoms. The van der Waals surface area contributed by atoms with Crippen LogP contribution in [0.2, 0.25) is 0 Å². The molecule has 4 aromatic rings. The highest BCUT2D eigenvalue weighted by Crippen LogP contribution is 2.24. The number of pyridine rings is 2. The third kappa shape index (κ3) is 5.07. The van der Waals surface area contributed by atoms with Gasteiger partial charge in [0.05, 0.1) is 47.3 Å². The number of aryl methyl sites for hydroxylation is 2. The summed E-state index contributed by atoms with van der Waals surface area (Å²) in [6, 6.07) is 5.47. The van der Waals surface area contributed by atoms with Crippen LogP contribution in [0.4, 0.5) is 11.4 Å². The van der Waals surface area contributed by atoms with Crippen LogP contribution in [0.25, 0.3) is 22.3 Å². The van der Waals surface area contributed by atoms with Crippen LogP contribution >= 0.6 is 0 Å². The first-order valence-corrected chi connectivity index (χ1v) is 11.6. The monoisotopic (exact) mass is 472 g/mol. The normalized spacial score (nSPS) is 16.0.